The van der Waals surface area contributed by atoms with Gasteiger partial charge in [0.15, 0.2) is 0 Å². The molecule has 94 valence electrons. The normalized spacial score (nSPS) is 21.4. The first-order valence-corrected chi connectivity index (χ1v) is 7.16. The molecule has 0 spiro atoms. The largest absolute Gasteiger partial charge is 0.317 e. The van der Waals surface area contributed by atoms with E-state index < -0.39 is 11.0 Å². The predicted molar refractivity (Wildman–Crippen MR) is 71.1 cm³/mol. The quantitative estimate of drug-likeness (QED) is 0.889. The number of hydrogen-bond donors (Lipinski definition) is 1. The van der Waals surface area contributed by atoms with Crippen LogP contribution in [-0.2, 0) is 11.0 Å². The molecule has 1 heterocycles. The summed E-state index contributed by atoms with van der Waals surface area (Å²) in [5.74, 6) is 0. The lowest BCUT2D eigenvalue weighted by molar-refractivity contribution is 0.189. The summed E-state index contributed by atoms with van der Waals surface area (Å²) in [7, 11) is 0.907. The lowest BCUT2D eigenvalue weighted by atomic mass is 9.91. The fourth-order valence-corrected chi connectivity index (χ4v) is 3.46. The molecule has 0 saturated carbocycles. The smallest absolute Gasteiger partial charge is 0.127 e. The Morgan fingerprint density at radius 1 is 1.24 bits per heavy atom. The van der Waals surface area contributed by atoms with Crippen molar-refractivity contribution in [3.05, 3.63) is 30.3 Å². The van der Waals surface area contributed by atoms with Gasteiger partial charge in [-0.1, -0.05) is 18.2 Å². The number of benzene rings is 1. The summed E-state index contributed by atoms with van der Waals surface area (Å²) >= 11 is 0. The van der Waals surface area contributed by atoms with Crippen LogP contribution in [0.1, 0.15) is 19.8 Å². The first-order chi connectivity index (χ1) is 8.13. The van der Waals surface area contributed by atoms with E-state index in [0.717, 1.165) is 30.8 Å². The molecule has 1 aliphatic rings. The lowest BCUT2D eigenvalue weighted by Gasteiger charge is -2.40. The molecule has 1 atom stereocenters. The number of nitrogens with zero attached hydrogens (tertiary/aromatic N) is 1. The Labute approximate surface area is 106 Å². The Morgan fingerprint density at radius 2 is 1.82 bits per heavy atom. The highest BCUT2D eigenvalue weighted by Gasteiger charge is 2.34. The summed E-state index contributed by atoms with van der Waals surface area (Å²) in [6.45, 7) is 4.22. The van der Waals surface area contributed by atoms with Gasteiger partial charge >= 0.3 is 0 Å². The van der Waals surface area contributed by atoms with Gasteiger partial charge in [0.1, 0.15) is 11.0 Å². The molecule has 4 heteroatoms. The van der Waals surface area contributed by atoms with Crippen molar-refractivity contribution in [3.8, 4) is 0 Å². The average molecular weight is 252 g/mol. The Morgan fingerprint density at radius 3 is 2.41 bits per heavy atom. The molecule has 0 aliphatic carbocycles. The molecule has 1 N–H and O–H groups in total. The Hall–Kier alpha value is -0.710. The first kappa shape index (κ1) is 12.7. The van der Waals surface area contributed by atoms with Crippen molar-refractivity contribution in [1.82, 2.24) is 9.62 Å². The molecule has 0 radical (unpaired) electrons. The van der Waals surface area contributed by atoms with Crippen LogP contribution in [0.4, 0.5) is 0 Å². The zero-order chi connectivity index (χ0) is 12.3. The van der Waals surface area contributed by atoms with Gasteiger partial charge in [-0.25, -0.2) is 8.51 Å². The number of nitrogens with one attached hydrogen (secondary N) is 1. The van der Waals surface area contributed by atoms with Crippen LogP contribution in [0.2, 0.25) is 0 Å². The van der Waals surface area contributed by atoms with Gasteiger partial charge in [-0.3, -0.25) is 0 Å². The van der Waals surface area contributed by atoms with Crippen molar-refractivity contribution in [2.24, 2.45) is 0 Å². The van der Waals surface area contributed by atoms with Crippen LogP contribution < -0.4 is 5.32 Å². The topological polar surface area (TPSA) is 32.3 Å². The maximum Gasteiger partial charge on any atom is 0.127 e. The van der Waals surface area contributed by atoms with Crippen LogP contribution >= 0.6 is 0 Å². The number of rotatable bonds is 3. The van der Waals surface area contributed by atoms with Gasteiger partial charge in [0.2, 0.25) is 0 Å². The fraction of sp³-hybridized carbons (Fsp3) is 0.538. The molecule has 1 aromatic carbocycles. The average Bonchev–Trinajstić information content (AvgIpc) is 2.39. The number of hydrogen-bond acceptors (Lipinski definition) is 2. The summed E-state index contributed by atoms with van der Waals surface area (Å²) in [4.78, 5) is 0.884. The lowest BCUT2D eigenvalue weighted by Crippen LogP contribution is -2.51. The van der Waals surface area contributed by atoms with Crippen molar-refractivity contribution in [3.63, 3.8) is 0 Å². The van der Waals surface area contributed by atoms with Crippen molar-refractivity contribution in [1.29, 1.82) is 0 Å². The third-order valence-electron chi connectivity index (χ3n) is 3.63. The summed E-state index contributed by atoms with van der Waals surface area (Å²) in [5, 5.41) is 3.35. The van der Waals surface area contributed by atoms with E-state index in [1.807, 2.05) is 41.7 Å². The van der Waals surface area contributed by atoms with E-state index in [-0.39, 0.29) is 5.54 Å². The monoisotopic (exact) mass is 252 g/mol. The minimum absolute atomic E-state index is 0.0337. The van der Waals surface area contributed by atoms with E-state index in [9.17, 15) is 4.21 Å². The zero-order valence-corrected chi connectivity index (χ0v) is 11.3. The van der Waals surface area contributed by atoms with E-state index in [0.29, 0.717) is 0 Å². The van der Waals surface area contributed by atoms with Gasteiger partial charge in [0.05, 0.1) is 4.90 Å². The van der Waals surface area contributed by atoms with Crippen LogP contribution in [0, 0.1) is 0 Å². The summed E-state index contributed by atoms with van der Waals surface area (Å²) in [5.41, 5.74) is 0.0337. The molecule has 0 bridgehead atoms. The Kier molecular flexibility index (Phi) is 3.97. The molecule has 1 unspecified atom stereocenters. The van der Waals surface area contributed by atoms with E-state index in [1.165, 1.54) is 0 Å². The molecule has 1 aliphatic heterocycles. The van der Waals surface area contributed by atoms with Gasteiger partial charge < -0.3 is 5.32 Å². The summed E-state index contributed by atoms with van der Waals surface area (Å²) < 4.78 is 14.5. The van der Waals surface area contributed by atoms with Crippen molar-refractivity contribution in [2.75, 3.05) is 20.1 Å². The van der Waals surface area contributed by atoms with Crippen LogP contribution in [0.15, 0.2) is 35.2 Å². The molecular formula is C13H20N2OS. The maximum atomic E-state index is 12.5. The highest BCUT2D eigenvalue weighted by Crippen LogP contribution is 2.27. The van der Waals surface area contributed by atoms with Crippen molar-refractivity contribution in [2.45, 2.75) is 30.2 Å². The minimum atomic E-state index is -1.06. The van der Waals surface area contributed by atoms with Crippen LogP contribution in [0.3, 0.4) is 0 Å². The molecule has 2 rings (SSSR count). The molecule has 0 aromatic heterocycles. The number of piperidine rings is 1. The molecule has 3 nitrogen and oxygen atoms in total. The van der Waals surface area contributed by atoms with Gasteiger partial charge in [0, 0.05) is 12.6 Å². The third kappa shape index (κ3) is 2.76. The van der Waals surface area contributed by atoms with E-state index in [2.05, 4.69) is 12.2 Å². The van der Waals surface area contributed by atoms with Crippen molar-refractivity contribution < 1.29 is 4.21 Å². The van der Waals surface area contributed by atoms with Gasteiger partial charge in [-0.05, 0) is 45.0 Å². The standard InChI is InChI=1S/C13H20N2OS/c1-13(8-10-14-11-9-13)15(2)17(16)12-6-4-3-5-7-12/h3-7,14H,8-11H2,1-2H3. The van der Waals surface area contributed by atoms with E-state index in [4.69, 9.17) is 0 Å². The second-order valence-corrected chi connectivity index (χ2v) is 6.32. The summed E-state index contributed by atoms with van der Waals surface area (Å²) in [6, 6.07) is 9.68. The molecule has 17 heavy (non-hydrogen) atoms. The molecule has 1 aromatic rings. The van der Waals surface area contributed by atoms with Gasteiger partial charge in [-0.2, -0.15) is 0 Å². The Balaban J connectivity index is 2.14. The predicted octanol–water partition coefficient (Wildman–Crippen LogP) is 1.78. The van der Waals surface area contributed by atoms with Crippen LogP contribution in [0.25, 0.3) is 0 Å². The molecular weight excluding hydrogens is 232 g/mol. The molecule has 1 saturated heterocycles. The van der Waals surface area contributed by atoms with Crippen molar-refractivity contribution >= 4 is 11.0 Å². The second-order valence-electron chi connectivity index (χ2n) is 4.81. The Bertz CT molecular complexity index is 388. The van der Waals surface area contributed by atoms with Gasteiger partial charge in [0.25, 0.3) is 0 Å². The third-order valence-corrected chi connectivity index (χ3v) is 5.25. The second kappa shape index (κ2) is 5.29. The maximum absolute atomic E-state index is 12.5. The van der Waals surface area contributed by atoms with E-state index >= 15 is 0 Å². The SMILES string of the molecule is CN(S(=O)c1ccccc1)C1(C)CCNCC1. The highest BCUT2D eigenvalue weighted by atomic mass is 32.2. The molecule has 1 fully saturated rings. The molecule has 0 amide bonds. The highest BCUT2D eigenvalue weighted by molar-refractivity contribution is 7.82. The minimum Gasteiger partial charge on any atom is -0.317 e. The van der Waals surface area contributed by atoms with Gasteiger partial charge in [-0.15, -0.1) is 0 Å². The van der Waals surface area contributed by atoms with Crippen LogP contribution in [0.5, 0.6) is 0 Å². The first-order valence-electron chi connectivity index (χ1n) is 6.05. The van der Waals surface area contributed by atoms with Crippen LogP contribution in [-0.4, -0.2) is 34.2 Å². The summed E-state index contributed by atoms with van der Waals surface area (Å²) in [6.07, 6.45) is 2.09. The fourth-order valence-electron chi connectivity index (χ4n) is 2.18. The zero-order valence-electron chi connectivity index (χ0n) is 10.5. The van der Waals surface area contributed by atoms with E-state index in [1.54, 1.807) is 0 Å².